The highest BCUT2D eigenvalue weighted by Gasteiger charge is 2.11. The average molecular weight is 274 g/mol. The van der Waals surface area contributed by atoms with E-state index in [-0.39, 0.29) is 5.78 Å². The number of carbonyl (C=O) groups is 1. The molecule has 0 N–H and O–H groups in total. The molecule has 3 rings (SSSR count). The Hall–Kier alpha value is -2.86. The summed E-state index contributed by atoms with van der Waals surface area (Å²) < 4.78 is 1.92. The fraction of sp³-hybridized carbons (Fsp3) is 0.111. The summed E-state index contributed by atoms with van der Waals surface area (Å²) >= 11 is 0. The molecule has 0 aliphatic rings. The third-order valence-electron chi connectivity index (χ3n) is 3.66. The number of aryl methyl sites for hydroxylation is 1. The van der Waals surface area contributed by atoms with Crippen molar-refractivity contribution in [3.05, 3.63) is 71.4 Å². The molecule has 0 bridgehead atoms. The van der Waals surface area contributed by atoms with E-state index in [1.807, 2.05) is 60.2 Å². The van der Waals surface area contributed by atoms with E-state index < -0.39 is 0 Å². The zero-order valence-corrected chi connectivity index (χ0v) is 11.7. The quantitative estimate of drug-likeness (QED) is 0.683. The molecule has 102 valence electrons. The Morgan fingerprint density at radius 2 is 2.00 bits per heavy atom. The lowest BCUT2D eigenvalue weighted by Gasteiger charge is -2.07. The topological polar surface area (TPSA) is 45.8 Å². The minimum atomic E-state index is 0.0926. The number of Topliss-reactive ketones (excluding diaryl/α,β-unsaturated/α-hetero) is 1. The Morgan fingerprint density at radius 3 is 2.76 bits per heavy atom. The summed E-state index contributed by atoms with van der Waals surface area (Å²) in [6.07, 6.45) is 1.89. The first kappa shape index (κ1) is 13.1. The monoisotopic (exact) mass is 274 g/mol. The number of hydrogen-bond donors (Lipinski definition) is 0. The predicted octanol–water partition coefficient (Wildman–Crippen LogP) is 3.70. The van der Waals surface area contributed by atoms with Gasteiger partial charge in [0.05, 0.1) is 18.2 Å². The van der Waals surface area contributed by atoms with Crippen molar-refractivity contribution in [2.45, 2.75) is 13.5 Å². The summed E-state index contributed by atoms with van der Waals surface area (Å²) in [6, 6.07) is 17.2. The van der Waals surface area contributed by atoms with Crippen LogP contribution in [0.5, 0.6) is 0 Å². The summed E-state index contributed by atoms with van der Waals surface area (Å²) in [6.45, 7) is 2.25. The minimum Gasteiger partial charge on any atom is -0.340 e. The lowest BCUT2D eigenvalue weighted by molar-refractivity contribution is 0.0973. The summed E-state index contributed by atoms with van der Waals surface area (Å²) in [5, 5.41) is 9.90. The van der Waals surface area contributed by atoms with Crippen molar-refractivity contribution in [2.75, 3.05) is 0 Å². The molecule has 1 heterocycles. The lowest BCUT2D eigenvalue weighted by atomic mass is 10.0. The van der Waals surface area contributed by atoms with E-state index in [0.717, 1.165) is 22.0 Å². The normalized spacial score (nSPS) is 10.5. The molecule has 0 aliphatic carbocycles. The number of aromatic nitrogens is 1. The van der Waals surface area contributed by atoms with Crippen LogP contribution in [-0.4, -0.2) is 10.4 Å². The van der Waals surface area contributed by atoms with Crippen LogP contribution in [0.3, 0.4) is 0 Å². The Bertz CT molecular complexity index is 868. The Labute approximate surface area is 123 Å². The van der Waals surface area contributed by atoms with Crippen LogP contribution in [0.25, 0.3) is 10.9 Å². The molecule has 0 radical (unpaired) electrons. The number of ketones is 1. The van der Waals surface area contributed by atoms with Gasteiger partial charge in [0.2, 0.25) is 0 Å². The van der Waals surface area contributed by atoms with Gasteiger partial charge in [-0.1, -0.05) is 24.3 Å². The van der Waals surface area contributed by atoms with Crippen molar-refractivity contribution in [2.24, 2.45) is 0 Å². The summed E-state index contributed by atoms with van der Waals surface area (Å²) in [5.41, 5.74) is 3.35. The van der Waals surface area contributed by atoms with Crippen molar-refractivity contribution in [1.82, 2.24) is 4.57 Å². The zero-order valence-electron chi connectivity index (χ0n) is 11.7. The third kappa shape index (κ3) is 2.44. The number of carbonyl (C=O) groups excluding carboxylic acids is 1. The van der Waals surface area contributed by atoms with Crippen molar-refractivity contribution >= 4 is 16.7 Å². The maximum Gasteiger partial charge on any atom is 0.182 e. The van der Waals surface area contributed by atoms with Crippen molar-refractivity contribution in [3.63, 3.8) is 0 Å². The molecular weight excluding hydrogens is 260 g/mol. The van der Waals surface area contributed by atoms with Crippen molar-refractivity contribution in [3.8, 4) is 6.07 Å². The van der Waals surface area contributed by atoms with E-state index >= 15 is 0 Å². The summed E-state index contributed by atoms with van der Waals surface area (Å²) in [4.78, 5) is 12.4. The van der Waals surface area contributed by atoms with E-state index in [0.29, 0.717) is 12.1 Å². The maximum atomic E-state index is 12.4. The fourth-order valence-electron chi connectivity index (χ4n) is 2.53. The van der Waals surface area contributed by atoms with Gasteiger partial charge in [0.25, 0.3) is 0 Å². The van der Waals surface area contributed by atoms with E-state index in [9.17, 15) is 4.79 Å². The molecule has 0 unspecified atom stereocenters. The van der Waals surface area contributed by atoms with Gasteiger partial charge in [-0.05, 0) is 36.8 Å². The molecule has 3 nitrogen and oxygen atoms in total. The molecule has 21 heavy (non-hydrogen) atoms. The standard InChI is InChI=1S/C18H14N2O/c1-13-4-2-3-5-16(13)18(21)12-20-9-8-15-10-14(11-19)6-7-17(15)20/h2-10H,12H2,1H3. The first-order valence-electron chi connectivity index (χ1n) is 6.77. The molecule has 0 aliphatic heterocycles. The Balaban J connectivity index is 1.94. The number of nitrogens with zero attached hydrogens (tertiary/aromatic N) is 2. The predicted molar refractivity (Wildman–Crippen MR) is 82.2 cm³/mol. The highest BCUT2D eigenvalue weighted by atomic mass is 16.1. The smallest absolute Gasteiger partial charge is 0.182 e. The molecule has 0 atom stereocenters. The Morgan fingerprint density at radius 1 is 1.19 bits per heavy atom. The molecular formula is C18H14N2O. The first-order chi connectivity index (χ1) is 10.2. The van der Waals surface area contributed by atoms with Crippen molar-refractivity contribution < 1.29 is 4.79 Å². The van der Waals surface area contributed by atoms with Crippen LogP contribution in [0.15, 0.2) is 54.7 Å². The van der Waals surface area contributed by atoms with Gasteiger partial charge in [0.15, 0.2) is 5.78 Å². The number of nitriles is 1. The van der Waals surface area contributed by atoms with Gasteiger partial charge in [-0.15, -0.1) is 0 Å². The second-order valence-electron chi connectivity index (χ2n) is 5.07. The van der Waals surface area contributed by atoms with Gasteiger partial charge in [-0.2, -0.15) is 5.26 Å². The van der Waals surface area contributed by atoms with Gasteiger partial charge in [0, 0.05) is 22.7 Å². The van der Waals surface area contributed by atoms with Gasteiger partial charge in [-0.25, -0.2) is 0 Å². The molecule has 3 aromatic rings. The maximum absolute atomic E-state index is 12.4. The second kappa shape index (κ2) is 5.26. The number of hydrogen-bond acceptors (Lipinski definition) is 2. The van der Waals surface area contributed by atoms with Crippen LogP contribution in [0.2, 0.25) is 0 Å². The highest BCUT2D eigenvalue weighted by molar-refractivity contribution is 5.98. The SMILES string of the molecule is Cc1ccccc1C(=O)Cn1ccc2cc(C#N)ccc21. The average Bonchev–Trinajstić information content (AvgIpc) is 2.89. The zero-order chi connectivity index (χ0) is 14.8. The van der Waals surface area contributed by atoms with Crippen LogP contribution < -0.4 is 0 Å². The highest BCUT2D eigenvalue weighted by Crippen LogP contribution is 2.18. The van der Waals surface area contributed by atoms with E-state index in [2.05, 4.69) is 6.07 Å². The second-order valence-corrected chi connectivity index (χ2v) is 5.07. The molecule has 3 heteroatoms. The molecule has 2 aromatic carbocycles. The lowest BCUT2D eigenvalue weighted by Crippen LogP contribution is -2.10. The Kier molecular flexibility index (Phi) is 3.29. The van der Waals surface area contributed by atoms with Gasteiger partial charge in [0.1, 0.15) is 0 Å². The molecule has 1 aromatic heterocycles. The fourth-order valence-corrected chi connectivity index (χ4v) is 2.53. The number of fused-ring (bicyclic) bond motifs is 1. The molecule has 0 saturated heterocycles. The minimum absolute atomic E-state index is 0.0926. The van der Waals surface area contributed by atoms with Gasteiger partial charge >= 0.3 is 0 Å². The van der Waals surface area contributed by atoms with Crippen LogP contribution in [0.1, 0.15) is 21.5 Å². The number of benzene rings is 2. The van der Waals surface area contributed by atoms with E-state index in [1.165, 1.54) is 0 Å². The van der Waals surface area contributed by atoms with Crippen molar-refractivity contribution in [1.29, 1.82) is 5.26 Å². The van der Waals surface area contributed by atoms with Crippen LogP contribution in [-0.2, 0) is 6.54 Å². The first-order valence-corrected chi connectivity index (χ1v) is 6.77. The third-order valence-corrected chi connectivity index (χ3v) is 3.66. The molecule has 0 spiro atoms. The van der Waals surface area contributed by atoms with E-state index in [4.69, 9.17) is 5.26 Å². The molecule has 0 fully saturated rings. The summed E-state index contributed by atoms with van der Waals surface area (Å²) in [5.74, 6) is 0.0926. The van der Waals surface area contributed by atoms with Crippen LogP contribution in [0.4, 0.5) is 0 Å². The largest absolute Gasteiger partial charge is 0.340 e. The van der Waals surface area contributed by atoms with Crippen LogP contribution in [0, 0.1) is 18.3 Å². The summed E-state index contributed by atoms with van der Waals surface area (Å²) in [7, 11) is 0. The molecule has 0 saturated carbocycles. The van der Waals surface area contributed by atoms with Gasteiger partial charge in [-0.3, -0.25) is 4.79 Å². The number of rotatable bonds is 3. The molecule has 0 amide bonds. The van der Waals surface area contributed by atoms with Crippen LogP contribution >= 0.6 is 0 Å². The van der Waals surface area contributed by atoms with E-state index in [1.54, 1.807) is 6.07 Å². The van der Waals surface area contributed by atoms with Gasteiger partial charge < -0.3 is 4.57 Å².